The molecule has 3 rings (SSSR count). The third-order valence-electron chi connectivity index (χ3n) is 6.05. The number of carbonyl (C=O) groups excluding carboxylic acids is 1. The van der Waals surface area contributed by atoms with Crippen molar-refractivity contribution in [2.24, 2.45) is 11.8 Å². The summed E-state index contributed by atoms with van der Waals surface area (Å²) in [6.45, 7) is 7.19. The summed E-state index contributed by atoms with van der Waals surface area (Å²) in [5.41, 5.74) is 3.68. The molecule has 0 aromatic heterocycles. The zero-order chi connectivity index (χ0) is 19.2. The molecule has 1 heterocycles. The van der Waals surface area contributed by atoms with Crippen molar-refractivity contribution in [2.75, 3.05) is 5.32 Å². The molecular weight excluding hydrogens is 334 g/mol. The molecule has 3 nitrogen and oxygen atoms in total. The van der Waals surface area contributed by atoms with Gasteiger partial charge in [-0.15, -0.1) is 0 Å². The lowest BCUT2D eigenvalue weighted by Crippen LogP contribution is -2.37. The van der Waals surface area contributed by atoms with Crippen molar-refractivity contribution in [1.82, 2.24) is 0 Å². The molecule has 0 fully saturated rings. The number of hydrogen-bond acceptors (Lipinski definition) is 3. The van der Waals surface area contributed by atoms with Crippen molar-refractivity contribution >= 4 is 11.7 Å². The molecule has 0 saturated heterocycles. The number of carbonyl (C=O) groups is 1. The van der Waals surface area contributed by atoms with Crippen molar-refractivity contribution in [3.05, 3.63) is 65.7 Å². The van der Waals surface area contributed by atoms with Gasteiger partial charge < -0.3 is 10.1 Å². The Bertz CT molecular complexity index is 743. The minimum absolute atomic E-state index is 0.0970. The standard InChI is InChI=1S/C24H31NO2/c1-4-20(14-15-23(26)27-16-19-10-6-5-7-11-19)24-17(2)18(3)25-22-13-9-8-12-21(22)24/h5-13,17-18,20,24-25H,4,14-16H2,1-3H3. The zero-order valence-corrected chi connectivity index (χ0v) is 16.7. The van der Waals surface area contributed by atoms with Gasteiger partial charge in [0, 0.05) is 18.2 Å². The molecule has 0 radical (unpaired) electrons. The number of benzene rings is 2. The summed E-state index contributed by atoms with van der Waals surface area (Å²) in [7, 11) is 0. The predicted octanol–water partition coefficient (Wildman–Crippen LogP) is 5.77. The first-order chi connectivity index (χ1) is 13.1. The number of esters is 1. The van der Waals surface area contributed by atoms with Gasteiger partial charge in [0.1, 0.15) is 6.61 Å². The monoisotopic (exact) mass is 365 g/mol. The van der Waals surface area contributed by atoms with E-state index in [1.54, 1.807) is 0 Å². The fraction of sp³-hybridized carbons (Fsp3) is 0.458. The maximum absolute atomic E-state index is 12.3. The summed E-state index contributed by atoms with van der Waals surface area (Å²) in [6, 6.07) is 18.9. The van der Waals surface area contributed by atoms with E-state index in [2.05, 4.69) is 50.4 Å². The zero-order valence-electron chi connectivity index (χ0n) is 16.7. The maximum atomic E-state index is 12.3. The molecule has 0 amide bonds. The van der Waals surface area contributed by atoms with Crippen LogP contribution in [0.3, 0.4) is 0 Å². The van der Waals surface area contributed by atoms with Gasteiger partial charge in [0.25, 0.3) is 0 Å². The first-order valence-corrected chi connectivity index (χ1v) is 10.1. The molecule has 1 N–H and O–H groups in total. The number of ether oxygens (including phenoxy) is 1. The first-order valence-electron chi connectivity index (χ1n) is 10.1. The van der Waals surface area contributed by atoms with E-state index in [1.165, 1.54) is 11.3 Å². The Morgan fingerprint density at radius 1 is 1.07 bits per heavy atom. The molecular formula is C24H31NO2. The molecule has 0 saturated carbocycles. The number of rotatable bonds is 7. The second-order valence-corrected chi connectivity index (χ2v) is 7.76. The van der Waals surface area contributed by atoms with E-state index in [0.29, 0.717) is 36.8 Å². The summed E-state index contributed by atoms with van der Waals surface area (Å²) >= 11 is 0. The molecule has 1 aliphatic rings. The molecule has 4 unspecified atom stereocenters. The van der Waals surface area contributed by atoms with Gasteiger partial charge >= 0.3 is 5.97 Å². The highest BCUT2D eigenvalue weighted by molar-refractivity contribution is 5.69. The molecule has 27 heavy (non-hydrogen) atoms. The van der Waals surface area contributed by atoms with Crippen LogP contribution in [0.1, 0.15) is 57.1 Å². The van der Waals surface area contributed by atoms with Crippen LogP contribution >= 0.6 is 0 Å². The van der Waals surface area contributed by atoms with E-state index >= 15 is 0 Å². The molecule has 144 valence electrons. The lowest BCUT2D eigenvalue weighted by molar-refractivity contribution is -0.145. The number of para-hydroxylation sites is 1. The van der Waals surface area contributed by atoms with Crippen LogP contribution in [0.4, 0.5) is 5.69 Å². The van der Waals surface area contributed by atoms with Gasteiger partial charge in [-0.25, -0.2) is 0 Å². The van der Waals surface area contributed by atoms with Crippen LogP contribution in [0.5, 0.6) is 0 Å². The molecule has 0 spiro atoms. The molecule has 0 aliphatic carbocycles. The Morgan fingerprint density at radius 2 is 1.78 bits per heavy atom. The van der Waals surface area contributed by atoms with Crippen molar-refractivity contribution in [2.45, 2.75) is 58.6 Å². The third-order valence-corrected chi connectivity index (χ3v) is 6.05. The van der Waals surface area contributed by atoms with E-state index in [-0.39, 0.29) is 5.97 Å². The van der Waals surface area contributed by atoms with Gasteiger partial charge in [-0.05, 0) is 48.3 Å². The number of anilines is 1. The molecule has 0 bridgehead atoms. The molecule has 3 heteroatoms. The van der Waals surface area contributed by atoms with E-state index in [0.717, 1.165) is 18.4 Å². The Labute approximate surface area is 163 Å². The Morgan fingerprint density at radius 3 is 2.52 bits per heavy atom. The van der Waals surface area contributed by atoms with Crippen LogP contribution in [0, 0.1) is 11.8 Å². The SMILES string of the molecule is CCC(CCC(=O)OCc1ccccc1)C1c2ccccc2NC(C)C1C. The summed E-state index contributed by atoms with van der Waals surface area (Å²) < 4.78 is 5.48. The summed E-state index contributed by atoms with van der Waals surface area (Å²) in [6.07, 6.45) is 2.43. The Balaban J connectivity index is 1.62. The van der Waals surface area contributed by atoms with Crippen LogP contribution in [0.2, 0.25) is 0 Å². The minimum Gasteiger partial charge on any atom is -0.461 e. The van der Waals surface area contributed by atoms with Gasteiger partial charge in [0.15, 0.2) is 0 Å². The normalized spacial score (nSPS) is 22.4. The summed E-state index contributed by atoms with van der Waals surface area (Å²) in [4.78, 5) is 12.3. The average molecular weight is 366 g/mol. The van der Waals surface area contributed by atoms with Crippen molar-refractivity contribution in [3.8, 4) is 0 Å². The summed E-state index contributed by atoms with van der Waals surface area (Å²) in [5, 5.41) is 3.63. The number of fused-ring (bicyclic) bond motifs is 1. The highest BCUT2D eigenvalue weighted by Gasteiger charge is 2.35. The Kier molecular flexibility index (Phi) is 6.54. The highest BCUT2D eigenvalue weighted by atomic mass is 16.5. The summed E-state index contributed by atoms with van der Waals surface area (Å²) in [5.74, 6) is 1.39. The second kappa shape index (κ2) is 9.07. The maximum Gasteiger partial charge on any atom is 0.306 e. The molecule has 2 aromatic rings. The average Bonchev–Trinajstić information content (AvgIpc) is 2.70. The fourth-order valence-corrected chi connectivity index (χ4v) is 4.32. The number of nitrogens with one attached hydrogen (secondary N) is 1. The predicted molar refractivity (Wildman–Crippen MR) is 111 cm³/mol. The second-order valence-electron chi connectivity index (χ2n) is 7.76. The van der Waals surface area contributed by atoms with Crippen molar-refractivity contribution in [1.29, 1.82) is 0 Å². The fourth-order valence-electron chi connectivity index (χ4n) is 4.32. The lowest BCUT2D eigenvalue weighted by atomic mass is 9.70. The quantitative estimate of drug-likeness (QED) is 0.633. The van der Waals surface area contributed by atoms with Crippen LogP contribution in [-0.2, 0) is 16.1 Å². The molecule has 4 atom stereocenters. The first kappa shape index (κ1) is 19.5. The van der Waals surface area contributed by atoms with Gasteiger partial charge in [-0.3, -0.25) is 4.79 Å². The van der Waals surface area contributed by atoms with E-state index in [1.807, 2.05) is 30.3 Å². The largest absolute Gasteiger partial charge is 0.461 e. The minimum atomic E-state index is -0.0970. The topological polar surface area (TPSA) is 38.3 Å². The van der Waals surface area contributed by atoms with Gasteiger partial charge in [-0.2, -0.15) is 0 Å². The van der Waals surface area contributed by atoms with Crippen LogP contribution in [0.25, 0.3) is 0 Å². The molecule has 2 aromatic carbocycles. The van der Waals surface area contributed by atoms with Gasteiger partial charge in [-0.1, -0.05) is 68.8 Å². The van der Waals surface area contributed by atoms with Crippen LogP contribution < -0.4 is 5.32 Å². The van der Waals surface area contributed by atoms with E-state index < -0.39 is 0 Å². The van der Waals surface area contributed by atoms with E-state index in [9.17, 15) is 4.79 Å². The lowest BCUT2D eigenvalue weighted by Gasteiger charge is -2.41. The third kappa shape index (κ3) is 4.71. The van der Waals surface area contributed by atoms with Crippen molar-refractivity contribution < 1.29 is 9.53 Å². The highest BCUT2D eigenvalue weighted by Crippen LogP contribution is 2.45. The van der Waals surface area contributed by atoms with Gasteiger partial charge in [0.2, 0.25) is 0 Å². The van der Waals surface area contributed by atoms with Crippen LogP contribution in [0.15, 0.2) is 54.6 Å². The van der Waals surface area contributed by atoms with Crippen LogP contribution in [-0.4, -0.2) is 12.0 Å². The van der Waals surface area contributed by atoms with Gasteiger partial charge in [0.05, 0.1) is 0 Å². The molecule has 1 aliphatic heterocycles. The van der Waals surface area contributed by atoms with E-state index in [4.69, 9.17) is 4.74 Å². The number of hydrogen-bond donors (Lipinski definition) is 1. The van der Waals surface area contributed by atoms with Crippen molar-refractivity contribution in [3.63, 3.8) is 0 Å². The smallest absolute Gasteiger partial charge is 0.306 e. The Hall–Kier alpha value is -2.29.